The van der Waals surface area contributed by atoms with E-state index in [4.69, 9.17) is 5.11 Å². The number of carbonyl (C=O) groups is 2. The van der Waals surface area contributed by atoms with E-state index in [1.807, 2.05) is 24.3 Å². The number of benzene rings is 1. The lowest BCUT2D eigenvalue weighted by molar-refractivity contribution is -0.137. The van der Waals surface area contributed by atoms with Gasteiger partial charge in [0.05, 0.1) is 12.5 Å². The summed E-state index contributed by atoms with van der Waals surface area (Å²) in [5.41, 5.74) is 0.809. The van der Waals surface area contributed by atoms with Crippen molar-refractivity contribution < 1.29 is 14.7 Å². The molecule has 0 saturated heterocycles. The Hall–Kier alpha value is -1.36. The minimum Gasteiger partial charge on any atom is -0.481 e. The number of aliphatic carboxylic acids is 1. The Kier molecular flexibility index (Phi) is 5.79. The van der Waals surface area contributed by atoms with E-state index in [-0.39, 0.29) is 12.3 Å². The lowest BCUT2D eigenvalue weighted by Crippen LogP contribution is -2.30. The van der Waals surface area contributed by atoms with Crippen LogP contribution in [0.2, 0.25) is 0 Å². The summed E-state index contributed by atoms with van der Waals surface area (Å²) in [6.07, 6.45) is 4.99. The zero-order chi connectivity index (χ0) is 15.2. The minimum absolute atomic E-state index is 0.0619. The predicted molar refractivity (Wildman–Crippen MR) is 83.9 cm³/mol. The van der Waals surface area contributed by atoms with Gasteiger partial charge in [-0.3, -0.25) is 9.59 Å². The normalized spacial score (nSPS) is 16.0. The van der Waals surface area contributed by atoms with E-state index in [2.05, 4.69) is 21.2 Å². The first-order valence-electron chi connectivity index (χ1n) is 7.31. The van der Waals surface area contributed by atoms with Crippen molar-refractivity contribution in [1.29, 1.82) is 0 Å². The third-order valence-corrected chi connectivity index (χ3v) is 4.46. The van der Waals surface area contributed by atoms with Gasteiger partial charge in [0, 0.05) is 10.9 Å². The largest absolute Gasteiger partial charge is 0.481 e. The lowest BCUT2D eigenvalue weighted by Gasteiger charge is -2.25. The van der Waals surface area contributed by atoms with Crippen LogP contribution in [0.25, 0.3) is 0 Å². The fourth-order valence-corrected chi connectivity index (χ4v) is 2.95. The predicted octanol–water partition coefficient (Wildman–Crippen LogP) is 3.66. The SMILES string of the molecule is O=C(O)CC(NC(=O)CCC1CCC1)c1cccc(Br)c1. The molecular weight excluding hydrogens is 334 g/mol. The first-order chi connectivity index (χ1) is 10.0. The number of amides is 1. The number of carbonyl (C=O) groups excluding carboxylic acids is 1. The molecule has 4 nitrogen and oxygen atoms in total. The molecule has 114 valence electrons. The second-order valence-corrected chi connectivity index (χ2v) is 6.52. The number of nitrogens with one attached hydrogen (secondary N) is 1. The molecule has 1 fully saturated rings. The maximum absolute atomic E-state index is 12.0. The van der Waals surface area contributed by atoms with E-state index in [0.717, 1.165) is 16.5 Å². The minimum atomic E-state index is -0.917. The number of hydrogen-bond donors (Lipinski definition) is 2. The number of halogens is 1. The van der Waals surface area contributed by atoms with E-state index in [9.17, 15) is 9.59 Å². The quantitative estimate of drug-likeness (QED) is 0.785. The molecule has 0 bridgehead atoms. The van der Waals surface area contributed by atoms with Crippen molar-refractivity contribution in [3.05, 3.63) is 34.3 Å². The number of carboxylic acids is 1. The highest BCUT2D eigenvalue weighted by molar-refractivity contribution is 9.10. The maximum Gasteiger partial charge on any atom is 0.305 e. The lowest BCUT2D eigenvalue weighted by atomic mass is 9.82. The van der Waals surface area contributed by atoms with Crippen LogP contribution >= 0.6 is 15.9 Å². The van der Waals surface area contributed by atoms with Gasteiger partial charge in [-0.25, -0.2) is 0 Å². The van der Waals surface area contributed by atoms with Gasteiger partial charge >= 0.3 is 5.97 Å². The van der Waals surface area contributed by atoms with Gasteiger partial charge in [0.15, 0.2) is 0 Å². The third kappa shape index (κ3) is 5.16. The molecule has 0 spiro atoms. The number of carboxylic acid groups (broad SMARTS) is 1. The molecule has 1 unspecified atom stereocenters. The second kappa shape index (κ2) is 7.59. The summed E-state index contributed by atoms with van der Waals surface area (Å²) in [6, 6.07) is 6.92. The maximum atomic E-state index is 12.0. The Balaban J connectivity index is 1.95. The molecule has 1 saturated carbocycles. The highest BCUT2D eigenvalue weighted by atomic mass is 79.9. The van der Waals surface area contributed by atoms with E-state index in [1.54, 1.807) is 0 Å². The molecule has 1 aromatic carbocycles. The van der Waals surface area contributed by atoms with Gasteiger partial charge in [0.2, 0.25) is 5.91 Å². The number of rotatable bonds is 7. The molecule has 1 amide bonds. The van der Waals surface area contributed by atoms with Crippen LogP contribution in [0.5, 0.6) is 0 Å². The molecule has 1 aliphatic rings. The third-order valence-electron chi connectivity index (χ3n) is 3.97. The van der Waals surface area contributed by atoms with Gasteiger partial charge in [0.25, 0.3) is 0 Å². The summed E-state index contributed by atoms with van der Waals surface area (Å²) in [5, 5.41) is 11.9. The summed E-state index contributed by atoms with van der Waals surface area (Å²) in [4.78, 5) is 23.0. The van der Waals surface area contributed by atoms with Crippen LogP contribution in [-0.4, -0.2) is 17.0 Å². The molecule has 1 aromatic rings. The van der Waals surface area contributed by atoms with Crippen molar-refractivity contribution in [2.24, 2.45) is 5.92 Å². The Morgan fingerprint density at radius 2 is 2.14 bits per heavy atom. The van der Waals surface area contributed by atoms with E-state index >= 15 is 0 Å². The Bertz CT molecular complexity index is 514. The molecule has 0 heterocycles. The average Bonchev–Trinajstić information content (AvgIpc) is 2.35. The summed E-state index contributed by atoms with van der Waals surface area (Å²) in [6.45, 7) is 0. The van der Waals surface area contributed by atoms with Crippen LogP contribution < -0.4 is 5.32 Å². The first-order valence-corrected chi connectivity index (χ1v) is 8.10. The first kappa shape index (κ1) is 16.0. The zero-order valence-corrected chi connectivity index (χ0v) is 13.4. The van der Waals surface area contributed by atoms with Gasteiger partial charge < -0.3 is 10.4 Å². The molecule has 2 N–H and O–H groups in total. The number of hydrogen-bond acceptors (Lipinski definition) is 2. The Morgan fingerprint density at radius 1 is 1.38 bits per heavy atom. The fourth-order valence-electron chi connectivity index (χ4n) is 2.53. The van der Waals surface area contributed by atoms with Crippen LogP contribution in [0.4, 0.5) is 0 Å². The van der Waals surface area contributed by atoms with Crippen LogP contribution in [-0.2, 0) is 9.59 Å². The monoisotopic (exact) mass is 353 g/mol. The van der Waals surface area contributed by atoms with Crippen molar-refractivity contribution in [2.75, 3.05) is 0 Å². The van der Waals surface area contributed by atoms with Crippen molar-refractivity contribution in [2.45, 2.75) is 44.6 Å². The fraction of sp³-hybridized carbons (Fsp3) is 0.500. The molecule has 0 radical (unpaired) electrons. The molecule has 1 atom stereocenters. The van der Waals surface area contributed by atoms with E-state index in [1.165, 1.54) is 19.3 Å². The highest BCUT2D eigenvalue weighted by Gasteiger charge is 2.21. The Labute approximate surface area is 133 Å². The van der Waals surface area contributed by atoms with Gasteiger partial charge in [0.1, 0.15) is 0 Å². The van der Waals surface area contributed by atoms with Gasteiger partial charge in [-0.2, -0.15) is 0 Å². The van der Waals surface area contributed by atoms with Gasteiger partial charge in [-0.05, 0) is 30.0 Å². The summed E-state index contributed by atoms with van der Waals surface area (Å²) >= 11 is 3.37. The summed E-state index contributed by atoms with van der Waals surface area (Å²) in [5.74, 6) is -0.299. The van der Waals surface area contributed by atoms with Crippen molar-refractivity contribution >= 4 is 27.8 Å². The van der Waals surface area contributed by atoms with Gasteiger partial charge in [-0.1, -0.05) is 47.3 Å². The topological polar surface area (TPSA) is 66.4 Å². The van der Waals surface area contributed by atoms with Crippen LogP contribution in [0.1, 0.15) is 50.1 Å². The average molecular weight is 354 g/mol. The zero-order valence-electron chi connectivity index (χ0n) is 11.8. The summed E-state index contributed by atoms with van der Waals surface area (Å²) in [7, 11) is 0. The van der Waals surface area contributed by atoms with Crippen LogP contribution in [0.15, 0.2) is 28.7 Å². The van der Waals surface area contributed by atoms with E-state index in [0.29, 0.717) is 12.3 Å². The molecule has 0 aromatic heterocycles. The molecule has 2 rings (SSSR count). The second-order valence-electron chi connectivity index (χ2n) is 5.61. The molecule has 5 heteroatoms. The molecule has 21 heavy (non-hydrogen) atoms. The molecule has 1 aliphatic carbocycles. The van der Waals surface area contributed by atoms with Crippen LogP contribution in [0.3, 0.4) is 0 Å². The molecular formula is C16H20BrNO3. The Morgan fingerprint density at radius 3 is 2.71 bits per heavy atom. The smallest absolute Gasteiger partial charge is 0.305 e. The highest BCUT2D eigenvalue weighted by Crippen LogP contribution is 2.30. The standard InChI is InChI=1S/C16H20BrNO3/c17-13-6-2-5-12(9-13)14(10-16(20)21)18-15(19)8-7-11-3-1-4-11/h2,5-6,9,11,14H,1,3-4,7-8,10H2,(H,18,19)(H,20,21). The van der Waals surface area contributed by atoms with E-state index < -0.39 is 12.0 Å². The van der Waals surface area contributed by atoms with Crippen molar-refractivity contribution in [3.8, 4) is 0 Å². The van der Waals surface area contributed by atoms with Crippen LogP contribution in [0, 0.1) is 5.92 Å². The van der Waals surface area contributed by atoms with Gasteiger partial charge in [-0.15, -0.1) is 0 Å². The molecule has 0 aliphatic heterocycles. The van der Waals surface area contributed by atoms with Crippen molar-refractivity contribution in [1.82, 2.24) is 5.32 Å². The summed E-state index contributed by atoms with van der Waals surface area (Å²) < 4.78 is 0.874. The van der Waals surface area contributed by atoms with Crippen molar-refractivity contribution in [3.63, 3.8) is 0 Å².